The summed E-state index contributed by atoms with van der Waals surface area (Å²) in [4.78, 5) is 0. The molecule has 48 valence electrons. The maximum atomic E-state index is 8.61. The Kier molecular flexibility index (Phi) is 1.86. The van der Waals surface area contributed by atoms with Crippen molar-refractivity contribution in [3.63, 3.8) is 0 Å². The molecule has 1 rings (SSSR count). The molecule has 1 aliphatic carbocycles. The predicted molar refractivity (Wildman–Crippen MR) is 30.6 cm³/mol. The molecule has 8 heavy (non-hydrogen) atoms. The summed E-state index contributed by atoms with van der Waals surface area (Å²) in [5.74, 6) is 0.431. The molecule has 0 saturated heterocycles. The van der Waals surface area contributed by atoms with Crippen LogP contribution in [-0.2, 0) is 4.74 Å². The van der Waals surface area contributed by atoms with Crippen LogP contribution in [0.5, 0.6) is 0 Å². The van der Waals surface area contributed by atoms with Gasteiger partial charge >= 0.3 is 0 Å². The third kappa shape index (κ3) is 0.858. The van der Waals surface area contributed by atoms with Crippen LogP contribution in [0.1, 0.15) is 12.8 Å². The van der Waals surface area contributed by atoms with E-state index in [1.807, 2.05) is 0 Å². The lowest BCUT2D eigenvalue weighted by molar-refractivity contribution is -0.0389. The van der Waals surface area contributed by atoms with E-state index in [0.29, 0.717) is 18.6 Å². The van der Waals surface area contributed by atoms with Gasteiger partial charge in [0.1, 0.15) is 0 Å². The lowest BCUT2D eigenvalue weighted by Gasteiger charge is -2.33. The molecule has 0 aromatic carbocycles. The molecule has 2 heteroatoms. The van der Waals surface area contributed by atoms with Crippen molar-refractivity contribution in [1.82, 2.24) is 0 Å². The van der Waals surface area contributed by atoms with Crippen molar-refractivity contribution in [2.24, 2.45) is 5.92 Å². The van der Waals surface area contributed by atoms with Gasteiger partial charge in [0.15, 0.2) is 0 Å². The van der Waals surface area contributed by atoms with Crippen LogP contribution in [-0.4, -0.2) is 24.9 Å². The molecule has 0 heterocycles. The molecule has 0 aromatic heterocycles. The normalized spacial score (nSPS) is 36.8. The zero-order chi connectivity index (χ0) is 5.98. The summed E-state index contributed by atoms with van der Waals surface area (Å²) in [6, 6.07) is 0. The molecule has 0 bridgehead atoms. The molecular formula is C6H12O2. The molecule has 1 aliphatic rings. The van der Waals surface area contributed by atoms with Gasteiger partial charge in [-0.05, 0) is 12.8 Å². The second kappa shape index (κ2) is 2.46. The number of aliphatic hydroxyl groups is 1. The zero-order valence-corrected chi connectivity index (χ0v) is 5.13. The number of hydrogen-bond donors (Lipinski definition) is 1. The first-order valence-corrected chi connectivity index (χ1v) is 3.02. The minimum atomic E-state index is 0.290. The van der Waals surface area contributed by atoms with Crippen LogP contribution in [0.3, 0.4) is 0 Å². The lowest BCUT2D eigenvalue weighted by Crippen LogP contribution is -2.35. The molecule has 0 amide bonds. The number of methoxy groups -OCH3 is 1. The standard InChI is InChI=1S/C6H12O2/c1-8-6-3-2-5(6)4-7/h5-7H,2-4H2,1H3/t5?,6-/m0/s1. The first-order chi connectivity index (χ1) is 3.88. The number of rotatable bonds is 2. The fraction of sp³-hybridized carbons (Fsp3) is 1.00. The van der Waals surface area contributed by atoms with Crippen molar-refractivity contribution in [3.8, 4) is 0 Å². The molecular weight excluding hydrogens is 104 g/mol. The van der Waals surface area contributed by atoms with Crippen LogP contribution in [0, 0.1) is 5.92 Å². The summed E-state index contributed by atoms with van der Waals surface area (Å²) in [5.41, 5.74) is 0. The van der Waals surface area contributed by atoms with Gasteiger partial charge in [-0.1, -0.05) is 0 Å². The highest BCUT2D eigenvalue weighted by Crippen LogP contribution is 2.28. The Morgan fingerprint density at radius 1 is 1.62 bits per heavy atom. The summed E-state index contributed by atoms with van der Waals surface area (Å²) >= 11 is 0. The van der Waals surface area contributed by atoms with Gasteiger partial charge in [0.2, 0.25) is 0 Å². The molecule has 1 saturated carbocycles. The Morgan fingerprint density at radius 2 is 2.38 bits per heavy atom. The Labute approximate surface area is 49.5 Å². The highest BCUT2D eigenvalue weighted by atomic mass is 16.5. The van der Waals surface area contributed by atoms with Crippen LogP contribution in [0.2, 0.25) is 0 Å². The van der Waals surface area contributed by atoms with E-state index in [-0.39, 0.29) is 0 Å². The summed E-state index contributed by atoms with van der Waals surface area (Å²) < 4.78 is 5.03. The van der Waals surface area contributed by atoms with Crippen molar-refractivity contribution in [1.29, 1.82) is 0 Å². The maximum Gasteiger partial charge on any atom is 0.0621 e. The quantitative estimate of drug-likeness (QED) is 0.566. The highest BCUT2D eigenvalue weighted by molar-refractivity contribution is 4.80. The van der Waals surface area contributed by atoms with E-state index < -0.39 is 0 Å². The van der Waals surface area contributed by atoms with Gasteiger partial charge in [-0.15, -0.1) is 0 Å². The first kappa shape index (κ1) is 6.05. The van der Waals surface area contributed by atoms with Gasteiger partial charge in [0.05, 0.1) is 6.10 Å². The Morgan fingerprint density at radius 3 is 2.50 bits per heavy atom. The fourth-order valence-electron chi connectivity index (χ4n) is 1.06. The topological polar surface area (TPSA) is 29.5 Å². The molecule has 2 nitrogen and oxygen atoms in total. The van der Waals surface area contributed by atoms with E-state index in [1.54, 1.807) is 7.11 Å². The summed E-state index contributed by atoms with van der Waals surface area (Å²) in [5, 5.41) is 8.61. The zero-order valence-electron chi connectivity index (χ0n) is 5.13. The smallest absolute Gasteiger partial charge is 0.0621 e. The lowest BCUT2D eigenvalue weighted by atomic mass is 9.83. The SMILES string of the molecule is CO[C@H]1CCC1CO. The minimum absolute atomic E-state index is 0.290. The molecule has 1 N–H and O–H groups in total. The summed E-state index contributed by atoms with van der Waals surface area (Å²) in [6.07, 6.45) is 2.61. The van der Waals surface area contributed by atoms with Crippen LogP contribution >= 0.6 is 0 Å². The summed E-state index contributed by atoms with van der Waals surface area (Å²) in [7, 11) is 1.70. The minimum Gasteiger partial charge on any atom is -0.396 e. The van der Waals surface area contributed by atoms with Crippen molar-refractivity contribution >= 4 is 0 Å². The molecule has 0 aromatic rings. The largest absolute Gasteiger partial charge is 0.396 e. The van der Waals surface area contributed by atoms with Crippen molar-refractivity contribution in [2.45, 2.75) is 18.9 Å². The van der Waals surface area contributed by atoms with E-state index >= 15 is 0 Å². The fourth-order valence-corrected chi connectivity index (χ4v) is 1.06. The van der Waals surface area contributed by atoms with Crippen molar-refractivity contribution in [2.75, 3.05) is 13.7 Å². The maximum absolute atomic E-state index is 8.61. The molecule has 1 unspecified atom stereocenters. The first-order valence-electron chi connectivity index (χ1n) is 3.02. The van der Waals surface area contributed by atoms with Crippen molar-refractivity contribution < 1.29 is 9.84 Å². The average molecular weight is 116 g/mol. The monoisotopic (exact) mass is 116 g/mol. The number of ether oxygens (including phenoxy) is 1. The predicted octanol–water partition coefficient (Wildman–Crippen LogP) is 0.404. The molecule has 2 atom stereocenters. The third-order valence-electron chi connectivity index (χ3n) is 1.89. The molecule has 0 aliphatic heterocycles. The molecule has 0 radical (unpaired) electrons. The van der Waals surface area contributed by atoms with E-state index in [9.17, 15) is 0 Å². The van der Waals surface area contributed by atoms with Crippen molar-refractivity contribution in [3.05, 3.63) is 0 Å². The summed E-state index contributed by atoms with van der Waals surface area (Å²) in [6.45, 7) is 0.290. The van der Waals surface area contributed by atoms with Gasteiger partial charge in [-0.2, -0.15) is 0 Å². The van der Waals surface area contributed by atoms with Gasteiger partial charge in [-0.3, -0.25) is 0 Å². The Hall–Kier alpha value is -0.0800. The Bertz CT molecular complexity index is 58.9. The van der Waals surface area contributed by atoms with Crippen LogP contribution in [0.4, 0.5) is 0 Å². The van der Waals surface area contributed by atoms with Crippen LogP contribution < -0.4 is 0 Å². The second-order valence-corrected chi connectivity index (χ2v) is 2.29. The number of hydrogen-bond acceptors (Lipinski definition) is 2. The van der Waals surface area contributed by atoms with E-state index in [2.05, 4.69) is 0 Å². The van der Waals surface area contributed by atoms with E-state index in [4.69, 9.17) is 9.84 Å². The van der Waals surface area contributed by atoms with Gasteiger partial charge in [-0.25, -0.2) is 0 Å². The molecule has 0 spiro atoms. The van der Waals surface area contributed by atoms with Gasteiger partial charge in [0.25, 0.3) is 0 Å². The highest BCUT2D eigenvalue weighted by Gasteiger charge is 2.29. The van der Waals surface area contributed by atoms with E-state index in [0.717, 1.165) is 12.8 Å². The van der Waals surface area contributed by atoms with Crippen LogP contribution in [0.15, 0.2) is 0 Å². The third-order valence-corrected chi connectivity index (χ3v) is 1.89. The average Bonchev–Trinajstić information content (AvgIpc) is 1.66. The Balaban J connectivity index is 2.16. The molecule has 1 fully saturated rings. The number of aliphatic hydroxyl groups excluding tert-OH is 1. The second-order valence-electron chi connectivity index (χ2n) is 2.29. The van der Waals surface area contributed by atoms with E-state index in [1.165, 1.54) is 0 Å². The van der Waals surface area contributed by atoms with Gasteiger partial charge in [0, 0.05) is 19.6 Å². The van der Waals surface area contributed by atoms with Gasteiger partial charge < -0.3 is 9.84 Å². The van der Waals surface area contributed by atoms with Crippen LogP contribution in [0.25, 0.3) is 0 Å².